The molecule has 0 saturated heterocycles. The molecule has 1 aliphatic heterocycles. The lowest BCUT2D eigenvalue weighted by molar-refractivity contribution is -0.130. The third-order valence-electron chi connectivity index (χ3n) is 2.86. The molecule has 0 radical (unpaired) electrons. The summed E-state index contributed by atoms with van der Waals surface area (Å²) in [5, 5.41) is 3.95. The summed E-state index contributed by atoms with van der Waals surface area (Å²) in [5.74, 6) is 0.167. The van der Waals surface area contributed by atoms with E-state index >= 15 is 0 Å². The average molecular weight is 252 g/mol. The van der Waals surface area contributed by atoms with Crippen LogP contribution in [0.5, 0.6) is 0 Å². The Morgan fingerprint density at radius 1 is 0.947 bits per heavy atom. The number of ether oxygens (including phenoxy) is 1. The van der Waals surface area contributed by atoms with Gasteiger partial charge in [0, 0.05) is 11.1 Å². The van der Waals surface area contributed by atoms with E-state index in [2.05, 4.69) is 10.5 Å². The van der Waals surface area contributed by atoms with Crippen LogP contribution < -0.4 is 5.43 Å². The number of hydrazone groups is 1. The van der Waals surface area contributed by atoms with E-state index in [1.165, 1.54) is 0 Å². The van der Waals surface area contributed by atoms with Crippen LogP contribution >= 0.6 is 0 Å². The summed E-state index contributed by atoms with van der Waals surface area (Å²) in [7, 11) is 0. The number of amides is 1. The molecule has 1 N–H and O–H groups in total. The first-order chi connectivity index (χ1) is 9.34. The van der Waals surface area contributed by atoms with E-state index in [1.54, 1.807) is 0 Å². The van der Waals surface area contributed by atoms with Crippen LogP contribution in [0, 0.1) is 0 Å². The van der Waals surface area contributed by atoms with Gasteiger partial charge in [0.15, 0.2) is 0 Å². The van der Waals surface area contributed by atoms with Gasteiger partial charge in [-0.25, -0.2) is 5.43 Å². The molecule has 3 rings (SSSR count). The Bertz CT molecular complexity index is 609. The largest absolute Gasteiger partial charge is 0.458 e. The quantitative estimate of drug-likeness (QED) is 0.891. The monoisotopic (exact) mass is 252 g/mol. The van der Waals surface area contributed by atoms with E-state index in [1.807, 2.05) is 60.7 Å². The summed E-state index contributed by atoms with van der Waals surface area (Å²) in [6.07, 6.45) is -0.658. The van der Waals surface area contributed by atoms with Crippen molar-refractivity contribution in [3.8, 4) is 0 Å². The van der Waals surface area contributed by atoms with Crippen molar-refractivity contribution in [1.82, 2.24) is 5.43 Å². The highest BCUT2D eigenvalue weighted by Crippen LogP contribution is 2.22. The fraction of sp³-hybridized carbons (Fsp3) is 0.0667. The van der Waals surface area contributed by atoms with Crippen molar-refractivity contribution >= 4 is 11.8 Å². The lowest BCUT2D eigenvalue weighted by Gasteiger charge is -2.23. The number of benzene rings is 2. The Balaban J connectivity index is 1.90. The van der Waals surface area contributed by atoms with Crippen molar-refractivity contribution in [3.05, 3.63) is 71.8 Å². The topological polar surface area (TPSA) is 50.7 Å². The third-order valence-corrected chi connectivity index (χ3v) is 2.86. The molecular formula is C15H12N2O2. The molecule has 1 amide bonds. The Morgan fingerprint density at radius 2 is 1.58 bits per heavy atom. The summed E-state index contributed by atoms with van der Waals surface area (Å²) in [6, 6.07) is 18.9. The van der Waals surface area contributed by atoms with Gasteiger partial charge in [0.1, 0.15) is 0 Å². The van der Waals surface area contributed by atoms with E-state index < -0.39 is 6.10 Å². The average Bonchev–Trinajstić information content (AvgIpc) is 2.49. The first kappa shape index (κ1) is 11.5. The molecule has 0 aromatic heterocycles. The SMILES string of the molecule is O=C1NN=C(c2ccccc2)O[C@H]1c1ccccc1. The standard InChI is InChI=1S/C15H12N2O2/c18-14-13(11-7-3-1-4-8-11)19-15(17-16-14)12-9-5-2-6-10-12/h1-10,13H,(H,16,18)/t13-/m0/s1. The van der Waals surface area contributed by atoms with Gasteiger partial charge >= 0.3 is 0 Å². The summed E-state index contributed by atoms with van der Waals surface area (Å²) < 4.78 is 5.71. The number of nitrogens with one attached hydrogen (secondary N) is 1. The fourth-order valence-electron chi connectivity index (χ4n) is 1.92. The molecular weight excluding hydrogens is 240 g/mol. The second kappa shape index (κ2) is 4.94. The predicted molar refractivity (Wildman–Crippen MR) is 71.4 cm³/mol. The molecule has 0 aliphatic carbocycles. The Morgan fingerprint density at radius 3 is 2.26 bits per heavy atom. The fourth-order valence-corrected chi connectivity index (χ4v) is 1.92. The number of rotatable bonds is 2. The number of carbonyl (C=O) groups excluding carboxylic acids is 1. The minimum absolute atomic E-state index is 0.258. The van der Waals surface area contributed by atoms with Crippen LogP contribution in [0.15, 0.2) is 65.8 Å². The highest BCUT2D eigenvalue weighted by molar-refractivity contribution is 5.99. The van der Waals surface area contributed by atoms with Crippen molar-refractivity contribution in [2.24, 2.45) is 5.10 Å². The minimum atomic E-state index is -0.658. The van der Waals surface area contributed by atoms with Gasteiger partial charge in [-0.3, -0.25) is 4.79 Å². The highest BCUT2D eigenvalue weighted by Gasteiger charge is 2.28. The number of hydrogen-bond acceptors (Lipinski definition) is 3. The summed E-state index contributed by atoms with van der Waals surface area (Å²) in [4.78, 5) is 11.8. The van der Waals surface area contributed by atoms with Gasteiger partial charge in [0.25, 0.3) is 5.91 Å². The summed E-state index contributed by atoms with van der Waals surface area (Å²) >= 11 is 0. The van der Waals surface area contributed by atoms with Crippen LogP contribution in [0.25, 0.3) is 0 Å². The Kier molecular flexibility index (Phi) is 2.98. The lowest BCUT2D eigenvalue weighted by atomic mass is 10.1. The molecule has 4 heteroatoms. The third kappa shape index (κ3) is 2.33. The molecule has 0 spiro atoms. The van der Waals surface area contributed by atoms with Crippen molar-refractivity contribution < 1.29 is 9.53 Å². The molecule has 4 nitrogen and oxygen atoms in total. The molecule has 2 aromatic rings. The Labute approximate surface area is 110 Å². The maximum absolute atomic E-state index is 11.8. The molecule has 2 aromatic carbocycles. The maximum Gasteiger partial charge on any atom is 0.286 e. The second-order valence-electron chi connectivity index (χ2n) is 4.17. The molecule has 0 saturated carbocycles. The number of carbonyl (C=O) groups is 1. The van der Waals surface area contributed by atoms with Crippen molar-refractivity contribution in [2.45, 2.75) is 6.10 Å². The first-order valence-corrected chi connectivity index (χ1v) is 5.99. The van der Waals surface area contributed by atoms with Crippen LogP contribution in [-0.4, -0.2) is 11.8 Å². The smallest absolute Gasteiger partial charge is 0.286 e. The van der Waals surface area contributed by atoms with Gasteiger partial charge in [0.2, 0.25) is 12.0 Å². The lowest BCUT2D eigenvalue weighted by Crippen LogP contribution is -2.35. The van der Waals surface area contributed by atoms with Gasteiger partial charge < -0.3 is 4.74 Å². The second-order valence-corrected chi connectivity index (χ2v) is 4.17. The number of nitrogens with zero attached hydrogens (tertiary/aromatic N) is 1. The summed E-state index contributed by atoms with van der Waals surface area (Å²) in [5.41, 5.74) is 4.15. The molecule has 1 atom stereocenters. The first-order valence-electron chi connectivity index (χ1n) is 5.99. The van der Waals surface area contributed by atoms with E-state index in [-0.39, 0.29) is 5.91 Å². The predicted octanol–water partition coefficient (Wildman–Crippen LogP) is 2.24. The van der Waals surface area contributed by atoms with Gasteiger partial charge in [-0.1, -0.05) is 48.5 Å². The van der Waals surface area contributed by atoms with Crippen LogP contribution in [0.1, 0.15) is 17.2 Å². The van der Waals surface area contributed by atoms with E-state index in [9.17, 15) is 4.79 Å². The molecule has 1 heterocycles. The van der Waals surface area contributed by atoms with Crippen LogP contribution in [-0.2, 0) is 9.53 Å². The molecule has 0 bridgehead atoms. The van der Waals surface area contributed by atoms with Gasteiger partial charge in [-0.2, -0.15) is 0 Å². The molecule has 1 aliphatic rings. The summed E-state index contributed by atoms with van der Waals surface area (Å²) in [6.45, 7) is 0. The van der Waals surface area contributed by atoms with Crippen LogP contribution in [0.4, 0.5) is 0 Å². The van der Waals surface area contributed by atoms with E-state index in [4.69, 9.17) is 4.74 Å². The minimum Gasteiger partial charge on any atom is -0.458 e. The van der Waals surface area contributed by atoms with Gasteiger partial charge in [-0.15, -0.1) is 5.10 Å². The van der Waals surface area contributed by atoms with E-state index in [0.29, 0.717) is 5.90 Å². The van der Waals surface area contributed by atoms with Gasteiger partial charge in [0.05, 0.1) is 0 Å². The normalized spacial score (nSPS) is 18.2. The van der Waals surface area contributed by atoms with Crippen molar-refractivity contribution in [1.29, 1.82) is 0 Å². The van der Waals surface area contributed by atoms with Crippen LogP contribution in [0.3, 0.4) is 0 Å². The zero-order valence-corrected chi connectivity index (χ0v) is 10.1. The molecule has 0 unspecified atom stereocenters. The zero-order chi connectivity index (χ0) is 13.1. The van der Waals surface area contributed by atoms with E-state index in [0.717, 1.165) is 11.1 Å². The number of hydrogen-bond donors (Lipinski definition) is 1. The highest BCUT2D eigenvalue weighted by atomic mass is 16.5. The van der Waals surface area contributed by atoms with Crippen molar-refractivity contribution in [2.75, 3.05) is 0 Å². The molecule has 94 valence electrons. The zero-order valence-electron chi connectivity index (χ0n) is 10.1. The molecule has 19 heavy (non-hydrogen) atoms. The van der Waals surface area contributed by atoms with Gasteiger partial charge in [-0.05, 0) is 12.1 Å². The van der Waals surface area contributed by atoms with Crippen LogP contribution in [0.2, 0.25) is 0 Å². The Hall–Kier alpha value is -2.62. The molecule has 0 fully saturated rings. The maximum atomic E-state index is 11.8. The van der Waals surface area contributed by atoms with Crippen molar-refractivity contribution in [3.63, 3.8) is 0 Å².